The maximum Gasteiger partial charge on any atom is 0.338 e. The average molecular weight is 752 g/mol. The van der Waals surface area contributed by atoms with Gasteiger partial charge in [-0.15, -0.1) is 0 Å². The molecule has 2 heterocycles. The maximum absolute atomic E-state index is 14.2. The number of carboxylic acid groups (broad SMARTS) is 1. The summed E-state index contributed by atoms with van der Waals surface area (Å²) >= 11 is 4.77. The van der Waals surface area contributed by atoms with Crippen molar-refractivity contribution in [1.29, 1.82) is 0 Å². The zero-order valence-electron chi connectivity index (χ0n) is 27.7. The van der Waals surface area contributed by atoms with E-state index in [1.807, 2.05) is 13.8 Å². The third-order valence-electron chi connectivity index (χ3n) is 7.52. The summed E-state index contributed by atoms with van der Waals surface area (Å²) in [6.45, 7) is 7.60. The minimum absolute atomic E-state index is 0.0909. The summed E-state index contributed by atoms with van der Waals surface area (Å²) in [5.41, 5.74) is 2.60. The Kier molecular flexibility index (Phi) is 10.9. The van der Waals surface area contributed by atoms with Crippen LogP contribution in [0, 0.1) is 0 Å². The summed E-state index contributed by atoms with van der Waals surface area (Å²) in [6.07, 6.45) is 1.64. The van der Waals surface area contributed by atoms with E-state index in [1.165, 1.54) is 42.3 Å². The molecular weight excluding hydrogens is 716 g/mol. The van der Waals surface area contributed by atoms with E-state index >= 15 is 0 Å². The van der Waals surface area contributed by atoms with E-state index in [1.54, 1.807) is 62.4 Å². The Morgan fingerprint density at radius 3 is 2.39 bits per heavy atom. The number of halogens is 1. The van der Waals surface area contributed by atoms with Crippen LogP contribution in [0.2, 0.25) is 0 Å². The van der Waals surface area contributed by atoms with Crippen molar-refractivity contribution >= 4 is 45.3 Å². The van der Waals surface area contributed by atoms with Crippen LogP contribution in [0.1, 0.15) is 60.8 Å². The predicted molar refractivity (Wildman–Crippen MR) is 188 cm³/mol. The summed E-state index contributed by atoms with van der Waals surface area (Å²) < 4.78 is 31.1. The number of nitrogens with zero attached hydrogens (tertiary/aromatic N) is 2. The molecule has 0 radical (unpaired) electrons. The van der Waals surface area contributed by atoms with Gasteiger partial charge in [0.15, 0.2) is 27.8 Å². The molecule has 1 N–H and O–H groups in total. The quantitative estimate of drug-likeness (QED) is 0.183. The van der Waals surface area contributed by atoms with Crippen LogP contribution in [0.15, 0.2) is 80.1 Å². The molecule has 3 aromatic carbocycles. The second-order valence-electron chi connectivity index (χ2n) is 11.2. The van der Waals surface area contributed by atoms with Crippen molar-refractivity contribution < 1.29 is 38.4 Å². The molecule has 4 aromatic rings. The molecule has 0 aliphatic carbocycles. The number of allylic oxidation sites excluding steroid dienone is 1. The Balaban J connectivity index is 1.56. The largest absolute Gasteiger partial charge is 0.493 e. The van der Waals surface area contributed by atoms with Gasteiger partial charge in [-0.05, 0) is 103 Å². The molecule has 1 aromatic heterocycles. The fraction of sp³-hybridized carbons (Fsp3) is 0.278. The number of carbonyl (C=O) groups is 2. The monoisotopic (exact) mass is 750 g/mol. The fourth-order valence-corrected chi connectivity index (χ4v) is 6.95. The Bertz CT molecular complexity index is 2120. The van der Waals surface area contributed by atoms with E-state index in [0.29, 0.717) is 53.6 Å². The number of aromatic carboxylic acids is 1. The van der Waals surface area contributed by atoms with E-state index in [9.17, 15) is 14.4 Å². The van der Waals surface area contributed by atoms with Crippen LogP contribution >= 0.6 is 27.3 Å². The van der Waals surface area contributed by atoms with Crippen molar-refractivity contribution in [3.63, 3.8) is 0 Å². The van der Waals surface area contributed by atoms with Crippen LogP contribution < -0.4 is 33.8 Å². The highest BCUT2D eigenvalue weighted by molar-refractivity contribution is 9.10. The van der Waals surface area contributed by atoms with Gasteiger partial charge in [-0.25, -0.2) is 14.6 Å². The molecule has 0 saturated heterocycles. The molecule has 0 fully saturated rings. The van der Waals surface area contributed by atoms with Crippen molar-refractivity contribution in [1.82, 2.24) is 4.57 Å². The summed E-state index contributed by atoms with van der Waals surface area (Å²) in [4.78, 5) is 43.8. The van der Waals surface area contributed by atoms with Gasteiger partial charge in [-0.1, -0.05) is 29.5 Å². The SMILES string of the molecule is CCOC(=O)C1=C(C)N=c2s/c(=C\c3cc(Br)c(OCc4ccc(C(=O)O)cc4)c(OC)c3)c(=O)n2[C@@H]1c1ccc(OC(C)C)c(OC)c1. The van der Waals surface area contributed by atoms with Crippen LogP contribution in [-0.2, 0) is 16.1 Å². The molecular formula is C36H35BrN2O9S. The second-order valence-corrected chi connectivity index (χ2v) is 13.1. The van der Waals surface area contributed by atoms with Gasteiger partial charge in [0, 0.05) is 0 Å². The number of esters is 1. The Hall–Kier alpha value is -4.88. The number of thiazole rings is 1. The van der Waals surface area contributed by atoms with Gasteiger partial charge in [0.05, 0.1) is 58.8 Å². The molecule has 1 aliphatic heterocycles. The van der Waals surface area contributed by atoms with E-state index in [0.717, 1.165) is 5.56 Å². The molecule has 0 saturated carbocycles. The summed E-state index contributed by atoms with van der Waals surface area (Å²) in [7, 11) is 3.05. The lowest BCUT2D eigenvalue weighted by Crippen LogP contribution is -2.40. The third-order valence-corrected chi connectivity index (χ3v) is 9.09. The highest BCUT2D eigenvalue weighted by Gasteiger charge is 2.34. The molecule has 0 amide bonds. The number of fused-ring (bicyclic) bond motifs is 1. The van der Waals surface area contributed by atoms with Crippen molar-refractivity contribution in [3.05, 3.63) is 112 Å². The molecule has 49 heavy (non-hydrogen) atoms. The van der Waals surface area contributed by atoms with E-state index in [4.69, 9.17) is 28.8 Å². The first-order valence-electron chi connectivity index (χ1n) is 15.3. The van der Waals surface area contributed by atoms with E-state index in [2.05, 4.69) is 20.9 Å². The molecule has 0 unspecified atom stereocenters. The van der Waals surface area contributed by atoms with Crippen molar-refractivity contribution in [2.45, 2.75) is 46.4 Å². The lowest BCUT2D eigenvalue weighted by Gasteiger charge is -2.25. The number of hydrogen-bond donors (Lipinski definition) is 1. The van der Waals surface area contributed by atoms with Crippen molar-refractivity contribution in [3.8, 4) is 23.0 Å². The number of carbonyl (C=O) groups excluding carboxylic acids is 1. The molecule has 5 rings (SSSR count). The molecule has 0 spiro atoms. The van der Waals surface area contributed by atoms with Gasteiger partial charge in [0.25, 0.3) is 5.56 Å². The van der Waals surface area contributed by atoms with Gasteiger partial charge in [-0.3, -0.25) is 9.36 Å². The number of methoxy groups -OCH3 is 2. The maximum atomic E-state index is 14.2. The van der Waals surface area contributed by atoms with Crippen LogP contribution in [0.3, 0.4) is 0 Å². The average Bonchev–Trinajstić information content (AvgIpc) is 3.37. The summed E-state index contributed by atoms with van der Waals surface area (Å²) in [5, 5.41) is 9.16. The Morgan fingerprint density at radius 1 is 1.04 bits per heavy atom. The second kappa shape index (κ2) is 15.1. The number of ether oxygens (including phenoxy) is 5. The number of aromatic nitrogens is 1. The van der Waals surface area contributed by atoms with Crippen LogP contribution in [-0.4, -0.2) is 48.5 Å². The van der Waals surface area contributed by atoms with Gasteiger partial charge in [0.2, 0.25) is 0 Å². The highest BCUT2D eigenvalue weighted by atomic mass is 79.9. The molecule has 0 bridgehead atoms. The van der Waals surface area contributed by atoms with Crippen LogP contribution in [0.4, 0.5) is 0 Å². The van der Waals surface area contributed by atoms with Gasteiger partial charge < -0.3 is 28.8 Å². The topological polar surface area (TPSA) is 135 Å². The predicted octanol–water partition coefficient (Wildman–Crippen LogP) is 5.64. The molecule has 256 valence electrons. The first-order chi connectivity index (χ1) is 23.4. The van der Waals surface area contributed by atoms with Gasteiger partial charge in [0.1, 0.15) is 6.61 Å². The minimum Gasteiger partial charge on any atom is -0.493 e. The number of hydrogen-bond acceptors (Lipinski definition) is 10. The summed E-state index contributed by atoms with van der Waals surface area (Å²) in [5.74, 6) is 0.294. The van der Waals surface area contributed by atoms with E-state index < -0.39 is 18.0 Å². The van der Waals surface area contributed by atoms with Crippen molar-refractivity contribution in [2.24, 2.45) is 4.99 Å². The lowest BCUT2D eigenvalue weighted by molar-refractivity contribution is -0.139. The fourth-order valence-electron chi connectivity index (χ4n) is 5.33. The number of benzene rings is 3. The van der Waals surface area contributed by atoms with Crippen LogP contribution in [0.5, 0.6) is 23.0 Å². The Morgan fingerprint density at radius 2 is 1.76 bits per heavy atom. The molecule has 11 nitrogen and oxygen atoms in total. The normalized spacial score (nSPS) is 14.3. The summed E-state index contributed by atoms with van der Waals surface area (Å²) in [6, 6.07) is 14.4. The van der Waals surface area contributed by atoms with Gasteiger partial charge in [-0.2, -0.15) is 0 Å². The zero-order valence-corrected chi connectivity index (χ0v) is 30.1. The smallest absolute Gasteiger partial charge is 0.338 e. The molecule has 1 aliphatic rings. The van der Waals surface area contributed by atoms with Gasteiger partial charge >= 0.3 is 11.9 Å². The molecule has 13 heteroatoms. The number of carboxylic acids is 1. The minimum atomic E-state index is -1.00. The van der Waals surface area contributed by atoms with Crippen molar-refractivity contribution in [2.75, 3.05) is 20.8 Å². The highest BCUT2D eigenvalue weighted by Crippen LogP contribution is 2.38. The lowest BCUT2D eigenvalue weighted by atomic mass is 9.95. The zero-order chi connectivity index (χ0) is 35.4. The first-order valence-corrected chi connectivity index (χ1v) is 16.9. The third kappa shape index (κ3) is 7.57. The Labute approximate surface area is 294 Å². The van der Waals surface area contributed by atoms with Crippen LogP contribution in [0.25, 0.3) is 6.08 Å². The first kappa shape index (κ1) is 35.4. The van der Waals surface area contributed by atoms with E-state index in [-0.39, 0.29) is 36.0 Å². The molecule has 1 atom stereocenters. The standard InChI is InChI=1S/C36H35BrN2O9S/c1-7-46-35(43)30-20(4)38-36-39(31(30)24-12-13-26(48-19(2)3)27(17-24)44-5)33(40)29(49-36)16-22-14-25(37)32(28(15-22)45-6)47-18-21-8-10-23(11-9-21)34(41)42/h8-17,19,31H,7,18H2,1-6H3,(H,41,42)/b29-16-/t31-/m1/s1. The number of rotatable bonds is 12.